The predicted octanol–water partition coefficient (Wildman–Crippen LogP) is 5.34. The van der Waals surface area contributed by atoms with Gasteiger partial charge in [-0.05, 0) is 54.5 Å². The third-order valence-corrected chi connectivity index (χ3v) is 7.08. The number of nitrogens with zero attached hydrogens (tertiary/aromatic N) is 1. The van der Waals surface area contributed by atoms with Crippen molar-refractivity contribution >= 4 is 29.1 Å². The summed E-state index contributed by atoms with van der Waals surface area (Å²) >= 11 is 12.3. The number of nitriles is 1. The molecule has 0 aromatic heterocycles. The van der Waals surface area contributed by atoms with E-state index in [1.54, 1.807) is 43.3 Å². The second-order valence-electron chi connectivity index (χ2n) is 10.5. The minimum Gasteiger partial charge on any atom is -0.393 e. The van der Waals surface area contributed by atoms with Crippen molar-refractivity contribution in [2.45, 2.75) is 70.1 Å². The fourth-order valence-corrected chi connectivity index (χ4v) is 5.31. The van der Waals surface area contributed by atoms with Crippen molar-refractivity contribution in [1.82, 2.24) is 10.6 Å². The van der Waals surface area contributed by atoms with Crippen molar-refractivity contribution in [2.24, 2.45) is 5.41 Å². The Morgan fingerprint density at radius 3 is 2.49 bits per heavy atom. The van der Waals surface area contributed by atoms with Crippen LogP contribution in [0.3, 0.4) is 0 Å². The molecule has 0 saturated carbocycles. The van der Waals surface area contributed by atoms with E-state index in [1.807, 2.05) is 0 Å². The van der Waals surface area contributed by atoms with Gasteiger partial charge >= 0.3 is 0 Å². The van der Waals surface area contributed by atoms with E-state index in [0.717, 1.165) is 0 Å². The molecule has 0 bridgehead atoms. The number of hydrogen-bond acceptors (Lipinski definition) is 4. The van der Waals surface area contributed by atoms with Crippen molar-refractivity contribution in [1.29, 1.82) is 5.26 Å². The van der Waals surface area contributed by atoms with Crippen LogP contribution in [0.25, 0.3) is 0 Å². The summed E-state index contributed by atoms with van der Waals surface area (Å²) in [5, 5.41) is 27.1. The third-order valence-electron chi connectivity index (χ3n) is 6.54. The summed E-state index contributed by atoms with van der Waals surface area (Å²) in [5.74, 6) is -1.88. The first-order valence-electron chi connectivity index (χ1n) is 11.7. The molecule has 3 N–H and O–H groups in total. The molecule has 35 heavy (non-hydrogen) atoms. The number of rotatable bonds is 7. The fourth-order valence-electron chi connectivity index (χ4n) is 5.00. The van der Waals surface area contributed by atoms with Gasteiger partial charge in [0.2, 0.25) is 5.91 Å². The normalized spacial score (nSPS) is 25.2. The van der Waals surface area contributed by atoms with E-state index in [4.69, 9.17) is 23.2 Å². The zero-order chi connectivity index (χ0) is 26.0. The zero-order valence-electron chi connectivity index (χ0n) is 20.4. The van der Waals surface area contributed by atoms with Gasteiger partial charge in [-0.3, -0.25) is 4.79 Å². The number of halogens is 3. The maximum Gasteiger partial charge on any atom is 0.237 e. The van der Waals surface area contributed by atoms with Gasteiger partial charge in [-0.1, -0.05) is 68.2 Å². The van der Waals surface area contributed by atoms with Crippen molar-refractivity contribution in [3.05, 3.63) is 69.5 Å². The quantitative estimate of drug-likeness (QED) is 0.460. The molecule has 0 spiro atoms. The van der Waals surface area contributed by atoms with Crippen LogP contribution in [0.1, 0.15) is 57.6 Å². The monoisotopic (exact) mass is 519 g/mol. The molecule has 2 aromatic rings. The molecule has 3 rings (SSSR count). The topological polar surface area (TPSA) is 85.2 Å². The summed E-state index contributed by atoms with van der Waals surface area (Å²) in [5.41, 5.74) is -0.625. The smallest absolute Gasteiger partial charge is 0.237 e. The first kappa shape index (κ1) is 27.4. The Balaban J connectivity index is 2.23. The molecule has 0 radical (unpaired) electrons. The molecule has 0 aliphatic carbocycles. The Labute approximate surface area is 216 Å². The Hall–Kier alpha value is -2.17. The van der Waals surface area contributed by atoms with Crippen LogP contribution in [0, 0.1) is 22.6 Å². The number of aliphatic hydroxyl groups excluding tert-OH is 1. The molecule has 8 heteroatoms. The first-order chi connectivity index (χ1) is 16.4. The number of aliphatic hydroxyl groups is 1. The highest BCUT2D eigenvalue weighted by Crippen LogP contribution is 2.52. The average Bonchev–Trinajstić information content (AvgIpc) is 3.09. The highest BCUT2D eigenvalue weighted by Gasteiger charge is 2.60. The van der Waals surface area contributed by atoms with Crippen LogP contribution in [-0.4, -0.2) is 35.7 Å². The summed E-state index contributed by atoms with van der Waals surface area (Å²) in [6.07, 6.45) is 0.355. The van der Waals surface area contributed by atoms with Crippen LogP contribution >= 0.6 is 23.2 Å². The number of carbonyl (C=O) groups is 1. The number of amides is 1. The third kappa shape index (κ3) is 5.81. The second-order valence-corrected chi connectivity index (χ2v) is 11.3. The number of nitrogens with one attached hydrogen (secondary N) is 2. The SMILES string of the molecule is C[C@@H](O)CCNC(=O)[C@@H]1N[C@@H](CC(C)(C)C)[C@](C#N)(c2ccc(Cl)cc2)[C@H]1c1cccc(Cl)c1F. The fraction of sp³-hybridized carbons (Fsp3) is 0.481. The van der Waals surface area contributed by atoms with E-state index in [9.17, 15) is 15.2 Å². The number of benzene rings is 2. The minimum atomic E-state index is -1.28. The van der Waals surface area contributed by atoms with Gasteiger partial charge in [0.25, 0.3) is 0 Å². The lowest BCUT2D eigenvalue weighted by Crippen LogP contribution is -2.46. The molecule has 2 aromatic carbocycles. The molecular formula is C27H32Cl2FN3O2. The van der Waals surface area contributed by atoms with Gasteiger partial charge in [0.15, 0.2) is 0 Å². The lowest BCUT2D eigenvalue weighted by Gasteiger charge is -2.37. The van der Waals surface area contributed by atoms with Crippen LogP contribution in [0.15, 0.2) is 42.5 Å². The number of hydrogen-bond donors (Lipinski definition) is 3. The molecule has 188 valence electrons. The molecule has 1 fully saturated rings. The van der Waals surface area contributed by atoms with Gasteiger partial charge in [0, 0.05) is 23.5 Å². The molecular weight excluding hydrogens is 488 g/mol. The van der Waals surface area contributed by atoms with Crippen molar-refractivity contribution in [3.8, 4) is 6.07 Å². The van der Waals surface area contributed by atoms with Gasteiger partial charge in [0.1, 0.15) is 11.2 Å². The standard InChI is InChI=1S/C27H32Cl2FN3O2/c1-16(34)12-13-32-25(35)24-22(19-6-5-7-20(29)23(19)30)27(15-31,17-8-10-18(28)11-9-17)21(33-24)14-26(2,3)4/h5-11,16,21-22,24,33-34H,12-14H2,1-4H3,(H,32,35)/t16-,21+,22+,24-,27+/m1/s1. The molecule has 1 saturated heterocycles. The summed E-state index contributed by atoms with van der Waals surface area (Å²) < 4.78 is 15.5. The van der Waals surface area contributed by atoms with Gasteiger partial charge in [0.05, 0.1) is 23.2 Å². The summed E-state index contributed by atoms with van der Waals surface area (Å²) in [4.78, 5) is 13.5. The summed E-state index contributed by atoms with van der Waals surface area (Å²) in [6, 6.07) is 12.7. The van der Waals surface area contributed by atoms with Crippen LogP contribution in [0.4, 0.5) is 4.39 Å². The first-order valence-corrected chi connectivity index (χ1v) is 12.5. The van der Waals surface area contributed by atoms with Gasteiger partial charge in [-0.2, -0.15) is 5.26 Å². The zero-order valence-corrected chi connectivity index (χ0v) is 21.9. The largest absolute Gasteiger partial charge is 0.393 e. The van der Waals surface area contributed by atoms with Gasteiger partial charge in [-0.25, -0.2) is 4.39 Å². The van der Waals surface area contributed by atoms with Crippen LogP contribution < -0.4 is 10.6 Å². The van der Waals surface area contributed by atoms with E-state index < -0.39 is 35.3 Å². The highest BCUT2D eigenvalue weighted by molar-refractivity contribution is 6.31. The van der Waals surface area contributed by atoms with Gasteiger partial charge < -0.3 is 15.7 Å². The number of carbonyl (C=O) groups excluding carboxylic acids is 1. The van der Waals surface area contributed by atoms with E-state index in [0.29, 0.717) is 23.4 Å². The summed E-state index contributed by atoms with van der Waals surface area (Å²) in [6.45, 7) is 8.08. The lowest BCUT2D eigenvalue weighted by atomic mass is 9.63. The van der Waals surface area contributed by atoms with Crippen molar-refractivity contribution in [3.63, 3.8) is 0 Å². The molecule has 5 nitrogen and oxygen atoms in total. The Morgan fingerprint density at radius 2 is 1.91 bits per heavy atom. The molecule has 1 aliphatic rings. The Kier molecular flexibility index (Phi) is 8.49. The molecule has 1 amide bonds. The second kappa shape index (κ2) is 10.8. The molecule has 0 unspecified atom stereocenters. The van der Waals surface area contributed by atoms with Crippen LogP contribution in [0.2, 0.25) is 10.0 Å². The maximum absolute atomic E-state index is 15.5. The van der Waals surface area contributed by atoms with Gasteiger partial charge in [-0.15, -0.1) is 0 Å². The highest BCUT2D eigenvalue weighted by atomic mass is 35.5. The van der Waals surface area contributed by atoms with Crippen LogP contribution in [0.5, 0.6) is 0 Å². The molecule has 5 atom stereocenters. The molecule has 1 aliphatic heterocycles. The predicted molar refractivity (Wildman–Crippen MR) is 137 cm³/mol. The van der Waals surface area contributed by atoms with Crippen molar-refractivity contribution in [2.75, 3.05) is 6.54 Å². The lowest BCUT2D eigenvalue weighted by molar-refractivity contribution is -0.123. The van der Waals surface area contributed by atoms with E-state index in [2.05, 4.69) is 37.5 Å². The summed E-state index contributed by atoms with van der Waals surface area (Å²) in [7, 11) is 0. The van der Waals surface area contributed by atoms with E-state index in [1.165, 1.54) is 6.07 Å². The maximum atomic E-state index is 15.5. The Bertz CT molecular complexity index is 1100. The van der Waals surface area contributed by atoms with Crippen molar-refractivity contribution < 1.29 is 14.3 Å². The minimum absolute atomic E-state index is 0.0713. The Morgan fingerprint density at radius 1 is 1.26 bits per heavy atom. The van der Waals surface area contributed by atoms with E-state index in [-0.39, 0.29) is 28.5 Å². The average molecular weight is 520 g/mol. The van der Waals surface area contributed by atoms with Crippen LogP contribution in [-0.2, 0) is 10.2 Å². The van der Waals surface area contributed by atoms with E-state index >= 15 is 4.39 Å². The molecule has 1 heterocycles.